The van der Waals surface area contributed by atoms with E-state index >= 15 is 0 Å². The Labute approximate surface area is 115 Å². The van der Waals surface area contributed by atoms with Crippen LogP contribution in [0.3, 0.4) is 0 Å². The number of thioether (sulfide) groups is 1. The van der Waals surface area contributed by atoms with Crippen molar-refractivity contribution in [1.29, 1.82) is 0 Å². The minimum atomic E-state index is 0.440. The van der Waals surface area contributed by atoms with E-state index in [1.165, 1.54) is 25.0 Å². The number of nitrogens with zero attached hydrogens (tertiary/aromatic N) is 2. The van der Waals surface area contributed by atoms with Crippen molar-refractivity contribution in [3.05, 3.63) is 16.0 Å². The van der Waals surface area contributed by atoms with Crippen molar-refractivity contribution in [2.45, 2.75) is 44.3 Å². The molecule has 1 saturated heterocycles. The van der Waals surface area contributed by atoms with Gasteiger partial charge in [0.05, 0.1) is 15.4 Å². The molecule has 1 aromatic heterocycles. The minimum absolute atomic E-state index is 0.440. The summed E-state index contributed by atoms with van der Waals surface area (Å²) in [6.07, 6.45) is 5.80. The van der Waals surface area contributed by atoms with Gasteiger partial charge in [0, 0.05) is 0 Å². The maximum absolute atomic E-state index is 5.95. The lowest BCUT2D eigenvalue weighted by Crippen LogP contribution is -2.11. The first-order valence-electron chi connectivity index (χ1n) is 6.15. The third-order valence-corrected chi connectivity index (χ3v) is 5.15. The minimum Gasteiger partial charge on any atom is -0.383 e. The molecule has 2 heterocycles. The zero-order valence-corrected chi connectivity index (χ0v) is 12.5. The van der Waals surface area contributed by atoms with Crippen molar-refractivity contribution in [1.82, 2.24) is 9.97 Å². The van der Waals surface area contributed by atoms with E-state index in [9.17, 15) is 0 Å². The molecular weight excluding hydrogens is 298 g/mol. The maximum atomic E-state index is 5.95. The zero-order chi connectivity index (χ0) is 12.3. The topological polar surface area (TPSA) is 51.8 Å². The molecule has 0 saturated carbocycles. The number of hydrogen-bond donors (Lipinski definition) is 1. The van der Waals surface area contributed by atoms with E-state index in [1.54, 1.807) is 0 Å². The van der Waals surface area contributed by atoms with E-state index in [1.807, 2.05) is 11.8 Å². The smallest absolute Gasteiger partial charge is 0.144 e. The third kappa shape index (κ3) is 3.13. The number of anilines is 1. The molecule has 0 aromatic carbocycles. The normalized spacial score (nSPS) is 20.5. The monoisotopic (exact) mass is 315 g/mol. The number of halogens is 1. The van der Waals surface area contributed by atoms with Crippen LogP contribution >= 0.6 is 27.7 Å². The number of hydrogen-bond acceptors (Lipinski definition) is 4. The largest absolute Gasteiger partial charge is 0.383 e. The van der Waals surface area contributed by atoms with Crippen molar-refractivity contribution in [2.75, 3.05) is 11.5 Å². The fraction of sp³-hybridized carbons (Fsp3) is 0.667. The van der Waals surface area contributed by atoms with Crippen LogP contribution in [0.25, 0.3) is 0 Å². The summed E-state index contributed by atoms with van der Waals surface area (Å²) in [6, 6.07) is 0. The Kier molecular flexibility index (Phi) is 4.68. The molecule has 17 heavy (non-hydrogen) atoms. The van der Waals surface area contributed by atoms with Crippen LogP contribution < -0.4 is 5.73 Å². The first-order chi connectivity index (χ1) is 8.22. The second kappa shape index (κ2) is 6.05. The van der Waals surface area contributed by atoms with Gasteiger partial charge in [-0.25, -0.2) is 9.97 Å². The molecule has 94 valence electrons. The molecule has 1 aliphatic heterocycles. The van der Waals surface area contributed by atoms with Gasteiger partial charge in [0.15, 0.2) is 0 Å². The SMILES string of the molecule is CCCc1nc(C2CCCCS2)nc(N)c1Br. The molecule has 0 spiro atoms. The molecule has 1 unspecified atom stereocenters. The van der Waals surface area contributed by atoms with Crippen LogP contribution in [0.4, 0.5) is 5.82 Å². The summed E-state index contributed by atoms with van der Waals surface area (Å²) in [5, 5.41) is 0.440. The molecule has 5 heteroatoms. The first kappa shape index (κ1) is 13.1. The van der Waals surface area contributed by atoms with Crippen LogP contribution in [0.1, 0.15) is 49.4 Å². The van der Waals surface area contributed by atoms with Crippen LogP contribution in [0.15, 0.2) is 4.47 Å². The van der Waals surface area contributed by atoms with E-state index in [0.29, 0.717) is 11.1 Å². The third-order valence-electron chi connectivity index (χ3n) is 2.92. The molecule has 0 radical (unpaired) electrons. The summed E-state index contributed by atoms with van der Waals surface area (Å²) in [4.78, 5) is 9.13. The molecule has 2 rings (SSSR count). The van der Waals surface area contributed by atoms with E-state index in [0.717, 1.165) is 28.8 Å². The predicted octanol–water partition coefficient (Wildman–Crippen LogP) is 3.73. The van der Waals surface area contributed by atoms with Crippen LogP contribution in [-0.2, 0) is 6.42 Å². The van der Waals surface area contributed by atoms with Gasteiger partial charge in [0.25, 0.3) is 0 Å². The molecule has 1 aliphatic rings. The van der Waals surface area contributed by atoms with Gasteiger partial charge in [-0.2, -0.15) is 11.8 Å². The molecule has 3 nitrogen and oxygen atoms in total. The Bertz CT molecular complexity index is 392. The summed E-state index contributed by atoms with van der Waals surface area (Å²) >= 11 is 5.44. The molecule has 1 fully saturated rings. The average molecular weight is 316 g/mol. The molecular formula is C12H18BrN3S. The van der Waals surface area contributed by atoms with Crippen molar-refractivity contribution in [2.24, 2.45) is 0 Å². The quantitative estimate of drug-likeness (QED) is 0.923. The van der Waals surface area contributed by atoms with E-state index in [2.05, 4.69) is 32.8 Å². The number of rotatable bonds is 3. The summed E-state index contributed by atoms with van der Waals surface area (Å²) < 4.78 is 0.879. The van der Waals surface area contributed by atoms with Gasteiger partial charge in [-0.1, -0.05) is 19.8 Å². The van der Waals surface area contributed by atoms with E-state index in [4.69, 9.17) is 5.73 Å². The number of nitrogens with two attached hydrogens (primary N) is 1. The second-order valence-corrected chi connectivity index (χ2v) is 6.44. The number of aromatic nitrogens is 2. The number of aryl methyl sites for hydroxylation is 1. The van der Waals surface area contributed by atoms with E-state index < -0.39 is 0 Å². The number of nitrogen functional groups attached to an aromatic ring is 1. The van der Waals surface area contributed by atoms with Crippen LogP contribution in [0, 0.1) is 0 Å². The lowest BCUT2D eigenvalue weighted by Gasteiger charge is -2.21. The van der Waals surface area contributed by atoms with Gasteiger partial charge in [0.2, 0.25) is 0 Å². The van der Waals surface area contributed by atoms with Gasteiger partial charge in [0.1, 0.15) is 11.6 Å². The molecule has 0 bridgehead atoms. The van der Waals surface area contributed by atoms with Gasteiger partial charge in [-0.15, -0.1) is 0 Å². The second-order valence-electron chi connectivity index (χ2n) is 4.33. The zero-order valence-electron chi connectivity index (χ0n) is 10.1. The average Bonchev–Trinajstić information content (AvgIpc) is 2.36. The van der Waals surface area contributed by atoms with Gasteiger partial charge in [-0.05, 0) is 40.9 Å². The molecule has 0 amide bonds. The van der Waals surface area contributed by atoms with Crippen LogP contribution in [-0.4, -0.2) is 15.7 Å². The van der Waals surface area contributed by atoms with Gasteiger partial charge >= 0.3 is 0 Å². The molecule has 0 aliphatic carbocycles. The lowest BCUT2D eigenvalue weighted by molar-refractivity contribution is 0.657. The predicted molar refractivity (Wildman–Crippen MR) is 77.2 cm³/mol. The Morgan fingerprint density at radius 1 is 1.41 bits per heavy atom. The highest BCUT2D eigenvalue weighted by Gasteiger charge is 2.21. The Balaban J connectivity index is 2.27. The highest BCUT2D eigenvalue weighted by atomic mass is 79.9. The fourth-order valence-electron chi connectivity index (χ4n) is 2.02. The highest BCUT2D eigenvalue weighted by molar-refractivity contribution is 9.10. The van der Waals surface area contributed by atoms with Crippen molar-refractivity contribution < 1.29 is 0 Å². The van der Waals surface area contributed by atoms with Crippen molar-refractivity contribution >= 4 is 33.5 Å². The standard InChI is InChI=1S/C12H18BrN3S/c1-2-5-8-10(13)11(14)16-12(15-8)9-6-3-4-7-17-9/h9H,2-7H2,1H3,(H2,14,15,16). The summed E-state index contributed by atoms with van der Waals surface area (Å²) in [5.74, 6) is 2.73. The summed E-state index contributed by atoms with van der Waals surface area (Å²) in [6.45, 7) is 2.15. The van der Waals surface area contributed by atoms with Gasteiger partial charge < -0.3 is 5.73 Å². The maximum Gasteiger partial charge on any atom is 0.144 e. The Hall–Kier alpha value is -0.290. The van der Waals surface area contributed by atoms with Crippen molar-refractivity contribution in [3.8, 4) is 0 Å². The van der Waals surface area contributed by atoms with E-state index in [-0.39, 0.29) is 0 Å². The Morgan fingerprint density at radius 2 is 2.24 bits per heavy atom. The van der Waals surface area contributed by atoms with Crippen molar-refractivity contribution in [3.63, 3.8) is 0 Å². The van der Waals surface area contributed by atoms with Crippen LogP contribution in [0.2, 0.25) is 0 Å². The fourth-order valence-corrected chi connectivity index (χ4v) is 3.64. The lowest BCUT2D eigenvalue weighted by atomic mass is 10.1. The molecule has 2 N–H and O–H groups in total. The Morgan fingerprint density at radius 3 is 2.88 bits per heavy atom. The first-order valence-corrected chi connectivity index (χ1v) is 8.00. The molecule has 1 atom stereocenters. The highest BCUT2D eigenvalue weighted by Crippen LogP contribution is 2.37. The van der Waals surface area contributed by atoms with Crippen LogP contribution in [0.5, 0.6) is 0 Å². The van der Waals surface area contributed by atoms with Gasteiger partial charge in [-0.3, -0.25) is 0 Å². The molecule has 1 aromatic rings. The summed E-state index contributed by atoms with van der Waals surface area (Å²) in [7, 11) is 0. The summed E-state index contributed by atoms with van der Waals surface area (Å²) in [5.41, 5.74) is 7.01.